The molecule has 1 amide bonds. The molecule has 0 aromatic heterocycles. The van der Waals surface area contributed by atoms with Crippen molar-refractivity contribution in [2.75, 3.05) is 0 Å². The highest BCUT2D eigenvalue weighted by atomic mass is 16.1. The summed E-state index contributed by atoms with van der Waals surface area (Å²) in [5.74, 6) is 0.0550. The minimum atomic E-state index is 0.0550. The van der Waals surface area contributed by atoms with Gasteiger partial charge in [-0.25, -0.2) is 0 Å². The van der Waals surface area contributed by atoms with Crippen LogP contribution in [-0.4, -0.2) is 11.9 Å². The highest BCUT2D eigenvalue weighted by Crippen LogP contribution is 2.11. The molecule has 1 heterocycles. The fraction of sp³-hybridized carbons (Fsp3) is 0.571. The lowest BCUT2D eigenvalue weighted by molar-refractivity contribution is -0.116. The fourth-order valence-corrected chi connectivity index (χ4v) is 1.05. The molecule has 0 aromatic rings. The van der Waals surface area contributed by atoms with E-state index in [4.69, 9.17) is 0 Å². The smallest absolute Gasteiger partial charge is 0.244 e. The predicted octanol–water partition coefficient (Wildman–Crippen LogP) is 0.841. The van der Waals surface area contributed by atoms with E-state index in [9.17, 15) is 4.79 Å². The van der Waals surface area contributed by atoms with Crippen molar-refractivity contribution in [1.29, 1.82) is 0 Å². The highest BCUT2D eigenvalue weighted by Gasteiger charge is 2.16. The number of carbonyl (C=O) groups excluding carboxylic acids is 1. The minimum Gasteiger partial charge on any atom is -0.346 e. The van der Waals surface area contributed by atoms with Crippen LogP contribution in [0.5, 0.6) is 0 Å². The summed E-state index contributed by atoms with van der Waals surface area (Å²) < 4.78 is 0. The zero-order valence-corrected chi connectivity index (χ0v) is 5.77. The molecule has 1 unspecified atom stereocenters. The summed E-state index contributed by atoms with van der Waals surface area (Å²) >= 11 is 0. The molecular weight excluding hydrogens is 114 g/mol. The number of hydrogen-bond acceptors (Lipinski definition) is 1. The topological polar surface area (TPSA) is 29.1 Å². The predicted molar refractivity (Wildman–Crippen MR) is 36.0 cm³/mol. The molecule has 0 aromatic carbocycles. The number of amides is 1. The lowest BCUT2D eigenvalue weighted by Crippen LogP contribution is -2.24. The third kappa shape index (κ3) is 1.12. The van der Waals surface area contributed by atoms with Crippen molar-refractivity contribution in [3.8, 4) is 0 Å². The first-order chi connectivity index (χ1) is 4.24. The first-order valence-electron chi connectivity index (χ1n) is 3.25. The van der Waals surface area contributed by atoms with Gasteiger partial charge in [0.2, 0.25) is 5.91 Å². The van der Waals surface area contributed by atoms with Gasteiger partial charge in [0.15, 0.2) is 0 Å². The molecule has 1 aliphatic rings. The maximum absolute atomic E-state index is 10.6. The summed E-state index contributed by atoms with van der Waals surface area (Å²) in [6.45, 7) is 4.06. The number of nitrogens with one attached hydrogen (secondary N) is 1. The molecular formula is C7H11NO. The molecule has 0 aliphatic carbocycles. The Hall–Kier alpha value is -0.790. The lowest BCUT2D eigenvalue weighted by Gasteiger charge is -2.04. The van der Waals surface area contributed by atoms with Gasteiger partial charge in [-0.3, -0.25) is 4.79 Å². The van der Waals surface area contributed by atoms with Crippen molar-refractivity contribution < 1.29 is 4.79 Å². The van der Waals surface area contributed by atoms with E-state index in [-0.39, 0.29) is 11.9 Å². The molecule has 1 N–H and O–H groups in total. The van der Waals surface area contributed by atoms with Crippen LogP contribution in [-0.2, 0) is 4.79 Å². The summed E-state index contributed by atoms with van der Waals surface area (Å²) in [6.07, 6.45) is 2.66. The Kier molecular flexibility index (Phi) is 1.56. The SMILES string of the molecule is CCC1=CC(=O)NC1C. The van der Waals surface area contributed by atoms with Gasteiger partial charge in [-0.05, 0) is 18.9 Å². The van der Waals surface area contributed by atoms with E-state index in [0.717, 1.165) is 6.42 Å². The second kappa shape index (κ2) is 2.21. The van der Waals surface area contributed by atoms with Gasteiger partial charge >= 0.3 is 0 Å². The van der Waals surface area contributed by atoms with Crippen molar-refractivity contribution in [1.82, 2.24) is 5.32 Å². The van der Waals surface area contributed by atoms with Gasteiger partial charge in [-0.15, -0.1) is 0 Å². The van der Waals surface area contributed by atoms with E-state index >= 15 is 0 Å². The minimum absolute atomic E-state index is 0.0550. The van der Waals surface area contributed by atoms with Crippen LogP contribution in [0.2, 0.25) is 0 Å². The Balaban J connectivity index is 2.68. The van der Waals surface area contributed by atoms with Crippen LogP contribution < -0.4 is 5.32 Å². The average Bonchev–Trinajstić information content (AvgIpc) is 2.10. The third-order valence-corrected chi connectivity index (χ3v) is 1.64. The van der Waals surface area contributed by atoms with E-state index in [1.54, 1.807) is 6.08 Å². The normalized spacial score (nSPS) is 25.8. The van der Waals surface area contributed by atoms with Crippen LogP contribution in [0.15, 0.2) is 11.6 Å². The Morgan fingerprint density at radius 3 is 2.67 bits per heavy atom. The number of carbonyl (C=O) groups is 1. The molecule has 0 radical (unpaired) electrons. The van der Waals surface area contributed by atoms with E-state index in [1.165, 1.54) is 5.57 Å². The van der Waals surface area contributed by atoms with E-state index in [0.29, 0.717) is 0 Å². The molecule has 2 heteroatoms. The van der Waals surface area contributed by atoms with Gasteiger partial charge in [0.25, 0.3) is 0 Å². The van der Waals surface area contributed by atoms with Crippen LogP contribution in [0.25, 0.3) is 0 Å². The largest absolute Gasteiger partial charge is 0.346 e. The van der Waals surface area contributed by atoms with E-state index in [2.05, 4.69) is 12.2 Å². The Morgan fingerprint density at radius 1 is 1.78 bits per heavy atom. The van der Waals surface area contributed by atoms with Gasteiger partial charge in [0.1, 0.15) is 0 Å². The van der Waals surface area contributed by atoms with Crippen molar-refractivity contribution in [3.05, 3.63) is 11.6 Å². The quantitative estimate of drug-likeness (QED) is 0.553. The van der Waals surface area contributed by atoms with Crippen LogP contribution in [0, 0.1) is 0 Å². The second-order valence-corrected chi connectivity index (χ2v) is 2.30. The third-order valence-electron chi connectivity index (χ3n) is 1.64. The molecule has 1 rings (SSSR count). The van der Waals surface area contributed by atoms with E-state index in [1.807, 2.05) is 6.92 Å². The summed E-state index contributed by atoms with van der Waals surface area (Å²) in [4.78, 5) is 10.6. The van der Waals surface area contributed by atoms with Gasteiger partial charge < -0.3 is 5.32 Å². The number of rotatable bonds is 1. The van der Waals surface area contributed by atoms with Crippen molar-refractivity contribution in [3.63, 3.8) is 0 Å². The van der Waals surface area contributed by atoms with Gasteiger partial charge in [0, 0.05) is 12.1 Å². The molecule has 1 atom stereocenters. The molecule has 0 saturated carbocycles. The molecule has 9 heavy (non-hydrogen) atoms. The standard InChI is InChI=1S/C7H11NO/c1-3-6-4-7(9)8-5(6)2/h4-5H,3H2,1-2H3,(H,8,9). The van der Waals surface area contributed by atoms with Gasteiger partial charge in [0.05, 0.1) is 0 Å². The second-order valence-electron chi connectivity index (χ2n) is 2.30. The average molecular weight is 125 g/mol. The molecule has 0 bridgehead atoms. The van der Waals surface area contributed by atoms with Crippen LogP contribution >= 0.6 is 0 Å². The van der Waals surface area contributed by atoms with Crippen LogP contribution in [0.4, 0.5) is 0 Å². The zero-order chi connectivity index (χ0) is 6.85. The highest BCUT2D eigenvalue weighted by molar-refractivity contribution is 5.91. The lowest BCUT2D eigenvalue weighted by atomic mass is 10.1. The summed E-state index contributed by atoms with van der Waals surface area (Å²) in [5.41, 5.74) is 1.21. The summed E-state index contributed by atoms with van der Waals surface area (Å²) in [6, 6.07) is 0.266. The van der Waals surface area contributed by atoms with Crippen molar-refractivity contribution in [2.24, 2.45) is 0 Å². The monoisotopic (exact) mass is 125 g/mol. The van der Waals surface area contributed by atoms with Crippen molar-refractivity contribution in [2.45, 2.75) is 26.3 Å². The summed E-state index contributed by atoms with van der Waals surface area (Å²) in [5, 5.41) is 2.79. The van der Waals surface area contributed by atoms with Gasteiger partial charge in [-0.1, -0.05) is 6.92 Å². The molecule has 50 valence electrons. The Bertz CT molecular complexity index is 160. The molecule has 1 aliphatic heterocycles. The Morgan fingerprint density at radius 2 is 2.44 bits per heavy atom. The fourth-order valence-electron chi connectivity index (χ4n) is 1.05. The Labute approximate surface area is 54.9 Å². The molecule has 0 fully saturated rings. The summed E-state index contributed by atoms with van der Waals surface area (Å²) in [7, 11) is 0. The van der Waals surface area contributed by atoms with Crippen LogP contribution in [0.1, 0.15) is 20.3 Å². The number of hydrogen-bond donors (Lipinski definition) is 1. The maximum Gasteiger partial charge on any atom is 0.244 e. The first-order valence-corrected chi connectivity index (χ1v) is 3.25. The van der Waals surface area contributed by atoms with Crippen LogP contribution in [0.3, 0.4) is 0 Å². The molecule has 2 nitrogen and oxygen atoms in total. The zero-order valence-electron chi connectivity index (χ0n) is 5.77. The first kappa shape index (κ1) is 6.33. The van der Waals surface area contributed by atoms with Crippen molar-refractivity contribution >= 4 is 5.91 Å². The molecule has 0 spiro atoms. The maximum atomic E-state index is 10.6. The molecule has 0 saturated heterocycles. The van der Waals surface area contributed by atoms with E-state index < -0.39 is 0 Å². The van der Waals surface area contributed by atoms with Gasteiger partial charge in [-0.2, -0.15) is 0 Å².